The van der Waals surface area contributed by atoms with E-state index in [9.17, 15) is 13.0 Å². The highest BCUT2D eigenvalue weighted by atomic mass is 32.3. The van der Waals surface area contributed by atoms with Crippen LogP contribution in [0.4, 0.5) is 0 Å². The first-order valence-corrected chi connectivity index (χ1v) is 13.0. The van der Waals surface area contributed by atoms with E-state index >= 15 is 0 Å². The monoisotopic (exact) mass is 470 g/mol. The van der Waals surface area contributed by atoms with Gasteiger partial charge in [0, 0.05) is 0 Å². The van der Waals surface area contributed by atoms with Gasteiger partial charge in [-0.1, -0.05) is 65.8 Å². The van der Waals surface area contributed by atoms with Crippen LogP contribution >= 0.6 is 0 Å². The van der Waals surface area contributed by atoms with Gasteiger partial charge in [-0.15, -0.1) is 0 Å². The molecule has 0 bridgehead atoms. The molecule has 0 aliphatic carbocycles. The Morgan fingerprint density at radius 3 is 1.22 bits per heavy atom. The highest BCUT2D eigenvalue weighted by Gasteiger charge is 2.30. The van der Waals surface area contributed by atoms with Gasteiger partial charge in [-0.3, -0.25) is 0 Å². The van der Waals surface area contributed by atoms with Crippen molar-refractivity contribution in [2.24, 2.45) is 0 Å². The van der Waals surface area contributed by atoms with Crippen molar-refractivity contribution >= 4 is 21.3 Å². The van der Waals surface area contributed by atoms with E-state index in [0.717, 1.165) is 14.7 Å². The van der Waals surface area contributed by atoms with Crippen molar-refractivity contribution in [1.82, 2.24) is 0 Å². The molecule has 0 N–H and O–H groups in total. The van der Waals surface area contributed by atoms with Gasteiger partial charge in [0.15, 0.2) is 14.7 Å². The quantitative estimate of drug-likeness (QED) is 0.252. The smallest absolute Gasteiger partial charge is 0.262 e. The summed E-state index contributed by atoms with van der Waals surface area (Å²) in [6.07, 6.45) is 0. The van der Waals surface area contributed by atoms with Gasteiger partial charge in [0.05, 0.1) is 10.9 Å². The van der Waals surface area contributed by atoms with Crippen molar-refractivity contribution in [3.63, 3.8) is 0 Å². The van der Waals surface area contributed by atoms with Gasteiger partial charge >= 0.3 is 0 Å². The topological polar surface area (TPSA) is 66.4 Å². The minimum absolute atomic E-state index is 0.0125. The van der Waals surface area contributed by atoms with E-state index < -0.39 is 21.3 Å². The van der Waals surface area contributed by atoms with E-state index in [4.69, 9.17) is 0 Å². The Hall–Kier alpha value is -2.28. The van der Waals surface area contributed by atoms with Gasteiger partial charge in [0.2, 0.25) is 0 Å². The fourth-order valence-electron chi connectivity index (χ4n) is 3.34. The molecule has 3 aromatic rings. The molecule has 0 unspecified atom stereocenters. The molecule has 0 saturated carbocycles. The van der Waals surface area contributed by atoms with Gasteiger partial charge in [-0.25, -0.2) is 8.42 Å². The minimum Gasteiger partial charge on any atom is -0.716 e. The van der Waals surface area contributed by atoms with Crippen LogP contribution < -0.4 is 4.18 Å². The highest BCUT2D eigenvalue weighted by molar-refractivity contribution is 7.97. The summed E-state index contributed by atoms with van der Waals surface area (Å²) in [4.78, 5) is 3.32. The third-order valence-electron chi connectivity index (χ3n) is 5.17. The predicted molar refractivity (Wildman–Crippen MR) is 129 cm³/mol. The summed E-state index contributed by atoms with van der Waals surface area (Å²) in [6.45, 7) is 13.1. The molecule has 0 fully saturated rings. The maximum atomic E-state index is 10.9. The van der Waals surface area contributed by atoms with Crippen LogP contribution in [0.15, 0.2) is 87.5 Å². The molecule has 32 heavy (non-hydrogen) atoms. The van der Waals surface area contributed by atoms with Crippen molar-refractivity contribution in [1.29, 1.82) is 0 Å². The zero-order valence-corrected chi connectivity index (χ0v) is 21.0. The van der Waals surface area contributed by atoms with Crippen molar-refractivity contribution < 1.29 is 17.2 Å². The molecule has 0 aliphatic heterocycles. The van der Waals surface area contributed by atoms with Gasteiger partial charge in [-0.05, 0) is 70.5 Å². The van der Waals surface area contributed by atoms with Gasteiger partial charge in [0.25, 0.3) is 10.4 Å². The molecule has 0 atom stereocenters. The zero-order chi connectivity index (χ0) is 23.7. The second-order valence-corrected chi connectivity index (χ2v) is 12.8. The van der Waals surface area contributed by atoms with Crippen molar-refractivity contribution in [2.75, 3.05) is 0 Å². The average molecular weight is 471 g/mol. The molecule has 6 heteroatoms. The maximum absolute atomic E-state index is 10.9. The third-order valence-corrected chi connectivity index (χ3v) is 7.80. The Kier molecular flexibility index (Phi) is 6.80. The van der Waals surface area contributed by atoms with Crippen LogP contribution in [0.25, 0.3) is 0 Å². The first kappa shape index (κ1) is 24.4. The minimum atomic E-state index is -4.80. The molecular weight excluding hydrogens is 440 g/mol. The van der Waals surface area contributed by atoms with E-state index in [1.54, 1.807) is 0 Å². The lowest BCUT2D eigenvalue weighted by atomic mass is 9.87. The fourth-order valence-corrected chi connectivity index (χ4v) is 5.73. The lowest BCUT2D eigenvalue weighted by molar-refractivity contribution is 0.372. The molecule has 0 spiro atoms. The summed E-state index contributed by atoms with van der Waals surface area (Å²) in [5.41, 5.74) is 2.65. The van der Waals surface area contributed by atoms with Crippen molar-refractivity contribution in [2.45, 2.75) is 67.1 Å². The van der Waals surface area contributed by atoms with Crippen LogP contribution in [-0.2, 0) is 32.1 Å². The van der Waals surface area contributed by atoms with Crippen LogP contribution in [0.2, 0.25) is 0 Å². The van der Waals surface area contributed by atoms with Crippen LogP contribution in [0.1, 0.15) is 52.7 Å². The zero-order valence-electron chi connectivity index (χ0n) is 19.4. The number of benzene rings is 3. The normalized spacial score (nSPS) is 12.8. The van der Waals surface area contributed by atoms with Crippen LogP contribution in [0.5, 0.6) is 5.75 Å². The van der Waals surface area contributed by atoms with E-state index in [0.29, 0.717) is 0 Å². The molecule has 3 aromatic carbocycles. The number of rotatable bonds is 5. The van der Waals surface area contributed by atoms with E-state index in [-0.39, 0.29) is 16.6 Å². The Balaban J connectivity index is 2.05. The van der Waals surface area contributed by atoms with Crippen LogP contribution in [0.3, 0.4) is 0 Å². The lowest BCUT2D eigenvalue weighted by Gasteiger charge is -2.20. The summed E-state index contributed by atoms with van der Waals surface area (Å²) in [6, 6.07) is 24.0. The molecule has 4 nitrogen and oxygen atoms in total. The van der Waals surface area contributed by atoms with Gasteiger partial charge in [-0.2, -0.15) is 0 Å². The predicted octanol–water partition coefficient (Wildman–Crippen LogP) is 6.22. The molecule has 0 saturated heterocycles. The van der Waals surface area contributed by atoms with Crippen LogP contribution in [0, 0.1) is 0 Å². The molecule has 0 aromatic heterocycles. The second-order valence-electron chi connectivity index (χ2n) is 9.82. The Morgan fingerprint density at radius 1 is 0.625 bits per heavy atom. The SMILES string of the molecule is CC(C)(C)c1ccc([S+](c2ccc(OS(=O)(=O)[O-])cc2)c2ccc(C(C)(C)C)cc2)cc1. The first-order valence-electron chi connectivity index (χ1n) is 10.4. The molecular formula is C26H30O4S2. The lowest BCUT2D eigenvalue weighted by Crippen LogP contribution is -2.13. The summed E-state index contributed by atoms with van der Waals surface area (Å²) in [5, 5.41) is 0. The van der Waals surface area contributed by atoms with Crippen LogP contribution in [-0.4, -0.2) is 13.0 Å². The standard InChI is InChI=1S/C26H30O4S2/c1-25(2,3)19-7-13-22(14-8-19)31(23-15-9-20(10-16-23)26(4,5)6)24-17-11-21(12-18-24)30-32(27,28)29/h7-18H,1-6H3. The Labute approximate surface area is 195 Å². The molecule has 0 amide bonds. The van der Waals surface area contributed by atoms with Gasteiger partial charge < -0.3 is 8.74 Å². The van der Waals surface area contributed by atoms with Gasteiger partial charge in [0.1, 0.15) is 5.75 Å². The Bertz CT molecular complexity index is 1090. The Morgan fingerprint density at radius 2 is 0.938 bits per heavy atom. The number of hydrogen-bond donors (Lipinski definition) is 0. The van der Waals surface area contributed by atoms with E-state index in [1.807, 2.05) is 12.1 Å². The fraction of sp³-hybridized carbons (Fsp3) is 0.308. The molecule has 3 rings (SSSR count). The number of hydrogen-bond acceptors (Lipinski definition) is 4. The second kappa shape index (κ2) is 8.93. The molecule has 0 radical (unpaired) electrons. The third kappa shape index (κ3) is 6.15. The molecule has 170 valence electrons. The highest BCUT2D eigenvalue weighted by Crippen LogP contribution is 2.35. The van der Waals surface area contributed by atoms with E-state index in [1.165, 1.54) is 23.3 Å². The summed E-state index contributed by atoms with van der Waals surface area (Å²) >= 11 is 0. The maximum Gasteiger partial charge on any atom is 0.262 e. The summed E-state index contributed by atoms with van der Waals surface area (Å²) in [7, 11) is -5.20. The summed E-state index contributed by atoms with van der Waals surface area (Å²) < 4.78 is 37.2. The van der Waals surface area contributed by atoms with E-state index in [2.05, 4.69) is 94.3 Å². The largest absolute Gasteiger partial charge is 0.716 e. The average Bonchev–Trinajstić information content (AvgIpc) is 2.68. The van der Waals surface area contributed by atoms with Crippen molar-refractivity contribution in [3.05, 3.63) is 83.9 Å². The first-order chi connectivity index (χ1) is 14.7. The van der Waals surface area contributed by atoms with Crippen molar-refractivity contribution in [3.8, 4) is 5.75 Å². The summed E-state index contributed by atoms with van der Waals surface area (Å²) in [5.74, 6) is 0.0125. The molecule has 0 aliphatic rings. The molecule has 0 heterocycles.